The lowest BCUT2D eigenvalue weighted by molar-refractivity contribution is -0.154. The Morgan fingerprint density at radius 3 is 2.72 bits per heavy atom. The number of guanidine groups is 1. The molecule has 0 aliphatic carbocycles. The molecule has 0 radical (unpaired) electrons. The summed E-state index contributed by atoms with van der Waals surface area (Å²) in [4.78, 5) is 9.28. The van der Waals surface area contributed by atoms with Crippen molar-refractivity contribution >= 4 is 17.3 Å². The molecule has 9 heteroatoms. The molecule has 0 saturated heterocycles. The van der Waals surface area contributed by atoms with Crippen LogP contribution in [0.4, 0.5) is 13.2 Å². The van der Waals surface area contributed by atoms with Gasteiger partial charge in [0.25, 0.3) is 0 Å². The maximum Gasteiger partial charge on any atom is 0.422 e. The van der Waals surface area contributed by atoms with Crippen LogP contribution in [0.15, 0.2) is 40.8 Å². The van der Waals surface area contributed by atoms with Crippen LogP contribution in [-0.4, -0.2) is 37.3 Å². The van der Waals surface area contributed by atoms with Gasteiger partial charge in [-0.25, -0.2) is 4.98 Å². The van der Waals surface area contributed by atoms with Gasteiger partial charge in [-0.2, -0.15) is 13.2 Å². The number of hydrogen-bond acceptors (Lipinski definition) is 4. The summed E-state index contributed by atoms with van der Waals surface area (Å²) in [5.74, 6) is 0.591. The van der Waals surface area contributed by atoms with Gasteiger partial charge in [0.1, 0.15) is 0 Å². The Labute approximate surface area is 148 Å². The summed E-state index contributed by atoms with van der Waals surface area (Å²) in [7, 11) is 1.67. The summed E-state index contributed by atoms with van der Waals surface area (Å²) in [6.45, 7) is -0.147. The summed E-state index contributed by atoms with van der Waals surface area (Å²) >= 11 is 1.71. The van der Waals surface area contributed by atoms with E-state index in [0.717, 1.165) is 18.5 Å². The maximum atomic E-state index is 12.1. The Bertz CT molecular complexity index is 657. The molecule has 0 spiro atoms. The predicted octanol–water partition coefficient (Wildman–Crippen LogP) is 2.99. The molecular formula is C16H19F3N4OS. The van der Waals surface area contributed by atoms with Crippen molar-refractivity contribution in [2.24, 2.45) is 4.99 Å². The van der Waals surface area contributed by atoms with Crippen molar-refractivity contribution < 1.29 is 17.9 Å². The lowest BCUT2D eigenvalue weighted by Gasteiger charge is -2.12. The van der Waals surface area contributed by atoms with Crippen LogP contribution in [0.1, 0.15) is 10.4 Å². The number of hydrogen-bond donors (Lipinski definition) is 2. The Morgan fingerprint density at radius 1 is 1.28 bits per heavy atom. The third kappa shape index (κ3) is 7.42. The van der Waals surface area contributed by atoms with Crippen molar-refractivity contribution in [3.63, 3.8) is 0 Å². The molecule has 0 amide bonds. The second-order valence-electron chi connectivity index (χ2n) is 5.09. The van der Waals surface area contributed by atoms with E-state index in [-0.39, 0.29) is 5.88 Å². The molecular weight excluding hydrogens is 353 g/mol. The van der Waals surface area contributed by atoms with Gasteiger partial charge in [-0.1, -0.05) is 12.1 Å². The fourth-order valence-electron chi connectivity index (χ4n) is 1.92. The highest BCUT2D eigenvalue weighted by Gasteiger charge is 2.28. The van der Waals surface area contributed by atoms with Crippen LogP contribution < -0.4 is 15.4 Å². The van der Waals surface area contributed by atoms with E-state index in [9.17, 15) is 13.2 Å². The number of halogens is 3. The molecule has 0 saturated carbocycles. The summed E-state index contributed by atoms with van der Waals surface area (Å²) in [5, 5.41) is 8.36. The van der Waals surface area contributed by atoms with Crippen molar-refractivity contribution in [3.8, 4) is 5.88 Å². The molecule has 0 fully saturated rings. The minimum atomic E-state index is -4.37. The standard InChI is InChI=1S/C16H19F3N4OS/c1-20-15(21-7-6-13-3-2-8-25-13)23-10-12-4-5-14(22-9-12)24-11-16(17,18)19/h2-5,8-9H,6-7,10-11H2,1H3,(H2,20,21,23). The van der Waals surface area contributed by atoms with Crippen molar-refractivity contribution in [1.82, 2.24) is 15.6 Å². The Morgan fingerprint density at radius 2 is 2.12 bits per heavy atom. The van der Waals surface area contributed by atoms with Gasteiger partial charge in [0.15, 0.2) is 12.6 Å². The summed E-state index contributed by atoms with van der Waals surface area (Å²) in [6.07, 6.45) is -1.99. The van der Waals surface area contributed by atoms with E-state index < -0.39 is 12.8 Å². The highest BCUT2D eigenvalue weighted by atomic mass is 32.1. The first-order valence-electron chi connectivity index (χ1n) is 7.57. The molecule has 2 aromatic heterocycles. The van der Waals surface area contributed by atoms with E-state index in [1.165, 1.54) is 17.1 Å². The number of aliphatic imine (C=N–C) groups is 1. The quantitative estimate of drug-likeness (QED) is 0.580. The molecule has 2 rings (SSSR count). The average Bonchev–Trinajstić information content (AvgIpc) is 3.10. The Balaban J connectivity index is 1.73. The predicted molar refractivity (Wildman–Crippen MR) is 92.0 cm³/mol. The molecule has 25 heavy (non-hydrogen) atoms. The molecule has 0 bridgehead atoms. The van der Waals surface area contributed by atoms with Gasteiger partial charge in [-0.15, -0.1) is 11.3 Å². The third-order valence-corrected chi connectivity index (χ3v) is 4.04. The van der Waals surface area contributed by atoms with Gasteiger partial charge >= 0.3 is 6.18 Å². The van der Waals surface area contributed by atoms with Crippen molar-refractivity contribution in [3.05, 3.63) is 46.3 Å². The SMILES string of the molecule is CN=C(NCCc1cccs1)NCc1ccc(OCC(F)(F)F)nc1. The molecule has 0 aromatic carbocycles. The zero-order valence-corrected chi connectivity index (χ0v) is 14.5. The number of nitrogens with one attached hydrogen (secondary N) is 2. The molecule has 0 aliphatic heterocycles. The van der Waals surface area contributed by atoms with Gasteiger partial charge in [0.2, 0.25) is 5.88 Å². The zero-order valence-electron chi connectivity index (χ0n) is 13.6. The lowest BCUT2D eigenvalue weighted by Crippen LogP contribution is -2.37. The minimum absolute atomic E-state index is 0.0560. The summed E-state index contributed by atoms with van der Waals surface area (Å²) in [5.41, 5.74) is 0.806. The number of thiophene rings is 1. The van der Waals surface area contributed by atoms with Gasteiger partial charge < -0.3 is 15.4 Å². The van der Waals surface area contributed by atoms with E-state index in [1.54, 1.807) is 24.5 Å². The van der Waals surface area contributed by atoms with E-state index in [4.69, 9.17) is 0 Å². The van der Waals surface area contributed by atoms with E-state index >= 15 is 0 Å². The molecule has 2 heterocycles. The van der Waals surface area contributed by atoms with E-state index in [0.29, 0.717) is 12.5 Å². The topological polar surface area (TPSA) is 58.5 Å². The highest BCUT2D eigenvalue weighted by Crippen LogP contribution is 2.17. The Hall–Kier alpha value is -2.29. The van der Waals surface area contributed by atoms with Gasteiger partial charge in [0.05, 0.1) is 0 Å². The van der Waals surface area contributed by atoms with E-state index in [1.807, 2.05) is 11.4 Å². The first kappa shape index (κ1) is 19.0. The first-order chi connectivity index (χ1) is 12.0. The van der Waals surface area contributed by atoms with Gasteiger partial charge in [-0.3, -0.25) is 4.99 Å². The fourth-order valence-corrected chi connectivity index (χ4v) is 2.63. The van der Waals surface area contributed by atoms with Crippen LogP contribution in [0, 0.1) is 0 Å². The second kappa shape index (κ2) is 9.26. The molecule has 0 atom stereocenters. The molecule has 2 N–H and O–H groups in total. The van der Waals surface area contributed by atoms with Crippen LogP contribution in [0.2, 0.25) is 0 Å². The molecule has 0 unspecified atom stereocenters. The van der Waals surface area contributed by atoms with Crippen LogP contribution in [0.5, 0.6) is 5.88 Å². The van der Waals surface area contributed by atoms with Gasteiger partial charge in [0, 0.05) is 37.3 Å². The molecule has 0 aliphatic rings. The van der Waals surface area contributed by atoms with Crippen molar-refractivity contribution in [2.75, 3.05) is 20.2 Å². The number of alkyl halides is 3. The van der Waals surface area contributed by atoms with Crippen LogP contribution >= 0.6 is 11.3 Å². The second-order valence-corrected chi connectivity index (χ2v) is 6.12. The maximum absolute atomic E-state index is 12.1. The molecule has 136 valence electrons. The number of nitrogens with zero attached hydrogens (tertiary/aromatic N) is 2. The number of ether oxygens (including phenoxy) is 1. The summed E-state index contributed by atoms with van der Waals surface area (Å²) in [6, 6.07) is 7.17. The monoisotopic (exact) mass is 372 g/mol. The molecule has 2 aromatic rings. The fraction of sp³-hybridized carbons (Fsp3) is 0.375. The van der Waals surface area contributed by atoms with Crippen molar-refractivity contribution in [1.29, 1.82) is 0 Å². The number of aromatic nitrogens is 1. The minimum Gasteiger partial charge on any atom is -0.468 e. The van der Waals surface area contributed by atoms with E-state index in [2.05, 4.69) is 31.4 Å². The highest BCUT2D eigenvalue weighted by molar-refractivity contribution is 7.09. The van der Waals surface area contributed by atoms with Crippen LogP contribution in [0.25, 0.3) is 0 Å². The van der Waals surface area contributed by atoms with Crippen LogP contribution in [-0.2, 0) is 13.0 Å². The molecule has 5 nitrogen and oxygen atoms in total. The Kier molecular flexibility index (Phi) is 7.05. The smallest absolute Gasteiger partial charge is 0.422 e. The largest absolute Gasteiger partial charge is 0.468 e. The summed E-state index contributed by atoms with van der Waals surface area (Å²) < 4.78 is 40.8. The lowest BCUT2D eigenvalue weighted by atomic mass is 10.3. The zero-order chi connectivity index (χ0) is 18.1. The normalized spacial score (nSPS) is 12.1. The van der Waals surface area contributed by atoms with Crippen LogP contribution in [0.3, 0.4) is 0 Å². The van der Waals surface area contributed by atoms with Crippen molar-refractivity contribution in [2.45, 2.75) is 19.1 Å². The van der Waals surface area contributed by atoms with Gasteiger partial charge in [-0.05, 0) is 23.4 Å². The first-order valence-corrected chi connectivity index (χ1v) is 8.45. The number of pyridine rings is 1. The number of rotatable bonds is 7. The average molecular weight is 372 g/mol. The third-order valence-electron chi connectivity index (χ3n) is 3.11.